The summed E-state index contributed by atoms with van der Waals surface area (Å²) in [6, 6.07) is 0.223. The van der Waals surface area contributed by atoms with Crippen molar-refractivity contribution >= 4 is 5.82 Å². The van der Waals surface area contributed by atoms with Crippen LogP contribution in [-0.2, 0) is 0 Å². The summed E-state index contributed by atoms with van der Waals surface area (Å²) in [5.74, 6) is 0.794. The van der Waals surface area contributed by atoms with Crippen molar-refractivity contribution in [2.75, 3.05) is 5.32 Å². The maximum absolute atomic E-state index is 4.24. The Hall–Kier alpha value is -1.38. The third kappa shape index (κ3) is 2.34. The molecule has 0 aliphatic heterocycles. The summed E-state index contributed by atoms with van der Waals surface area (Å²) in [7, 11) is 0. The average Bonchev–Trinajstić information content (AvgIpc) is 2.04. The van der Waals surface area contributed by atoms with Crippen molar-refractivity contribution in [1.29, 1.82) is 0 Å². The number of anilines is 1. The van der Waals surface area contributed by atoms with Gasteiger partial charge in [0.05, 0.1) is 11.9 Å². The van der Waals surface area contributed by atoms with Crippen molar-refractivity contribution in [3.63, 3.8) is 0 Å². The molecule has 3 nitrogen and oxygen atoms in total. The highest BCUT2D eigenvalue weighted by Crippen LogP contribution is 2.02. The Balaban J connectivity index is 2.69. The molecule has 1 heterocycles. The second kappa shape index (κ2) is 3.85. The summed E-state index contributed by atoms with van der Waals surface area (Å²) in [6.07, 6.45) is 5.25. The monoisotopic (exact) mass is 163 g/mol. The minimum atomic E-state index is 0.223. The molecule has 1 aromatic heterocycles. The summed E-state index contributed by atoms with van der Waals surface area (Å²) in [5, 5.41) is 3.14. The van der Waals surface area contributed by atoms with E-state index in [0.29, 0.717) is 0 Å². The molecule has 12 heavy (non-hydrogen) atoms. The van der Waals surface area contributed by atoms with Crippen LogP contribution in [0.3, 0.4) is 0 Å². The first-order valence-electron chi connectivity index (χ1n) is 3.90. The third-order valence-corrected chi connectivity index (χ3v) is 1.48. The Morgan fingerprint density at radius 3 is 2.92 bits per heavy atom. The lowest BCUT2D eigenvalue weighted by Gasteiger charge is -2.08. The van der Waals surface area contributed by atoms with Crippen molar-refractivity contribution in [3.05, 3.63) is 30.7 Å². The van der Waals surface area contributed by atoms with Crippen LogP contribution in [0.5, 0.6) is 0 Å². The minimum absolute atomic E-state index is 0.223. The van der Waals surface area contributed by atoms with Crippen molar-refractivity contribution in [2.24, 2.45) is 0 Å². The van der Waals surface area contributed by atoms with Crippen LogP contribution in [0.25, 0.3) is 0 Å². The Bertz CT molecular complexity index is 270. The lowest BCUT2D eigenvalue weighted by molar-refractivity contribution is 0.967. The SMILES string of the molecule is C=CC(C)Nc1cncc(C)n1. The molecule has 0 aromatic carbocycles. The van der Waals surface area contributed by atoms with E-state index in [1.54, 1.807) is 12.4 Å². The van der Waals surface area contributed by atoms with Crippen LogP contribution in [0.2, 0.25) is 0 Å². The van der Waals surface area contributed by atoms with E-state index >= 15 is 0 Å². The van der Waals surface area contributed by atoms with E-state index in [1.807, 2.05) is 19.9 Å². The number of rotatable bonds is 3. The normalized spacial score (nSPS) is 12.2. The molecule has 0 radical (unpaired) electrons. The number of hydrogen-bond donors (Lipinski definition) is 1. The van der Waals surface area contributed by atoms with Gasteiger partial charge in [0.2, 0.25) is 0 Å². The number of nitrogens with zero attached hydrogens (tertiary/aromatic N) is 2. The van der Waals surface area contributed by atoms with Crippen LogP contribution in [0, 0.1) is 6.92 Å². The molecule has 64 valence electrons. The van der Waals surface area contributed by atoms with Gasteiger partial charge >= 0.3 is 0 Å². The molecule has 1 N–H and O–H groups in total. The van der Waals surface area contributed by atoms with Crippen LogP contribution >= 0.6 is 0 Å². The highest BCUT2D eigenvalue weighted by molar-refractivity contribution is 5.33. The first-order valence-corrected chi connectivity index (χ1v) is 3.90. The highest BCUT2D eigenvalue weighted by atomic mass is 15.0. The van der Waals surface area contributed by atoms with Crippen molar-refractivity contribution in [1.82, 2.24) is 9.97 Å². The summed E-state index contributed by atoms with van der Waals surface area (Å²) in [4.78, 5) is 8.25. The molecule has 3 heteroatoms. The molecule has 0 saturated heterocycles. The van der Waals surface area contributed by atoms with Crippen LogP contribution in [0.15, 0.2) is 25.0 Å². The predicted molar refractivity (Wildman–Crippen MR) is 50.1 cm³/mol. The van der Waals surface area contributed by atoms with E-state index in [9.17, 15) is 0 Å². The maximum atomic E-state index is 4.24. The lowest BCUT2D eigenvalue weighted by Crippen LogP contribution is -2.12. The van der Waals surface area contributed by atoms with E-state index in [1.165, 1.54) is 0 Å². The molecule has 0 bridgehead atoms. The van der Waals surface area contributed by atoms with Gasteiger partial charge in [0.15, 0.2) is 0 Å². The number of aromatic nitrogens is 2. The van der Waals surface area contributed by atoms with E-state index in [0.717, 1.165) is 11.5 Å². The van der Waals surface area contributed by atoms with Crippen LogP contribution in [-0.4, -0.2) is 16.0 Å². The van der Waals surface area contributed by atoms with Gasteiger partial charge in [-0.05, 0) is 13.8 Å². The molecule has 0 amide bonds. The highest BCUT2D eigenvalue weighted by Gasteiger charge is 1.97. The Morgan fingerprint density at radius 2 is 2.33 bits per heavy atom. The number of nitrogens with one attached hydrogen (secondary N) is 1. The molecular weight excluding hydrogens is 150 g/mol. The van der Waals surface area contributed by atoms with Gasteiger partial charge in [-0.1, -0.05) is 6.08 Å². The fourth-order valence-corrected chi connectivity index (χ4v) is 0.825. The Morgan fingerprint density at radius 1 is 1.58 bits per heavy atom. The topological polar surface area (TPSA) is 37.8 Å². The minimum Gasteiger partial charge on any atom is -0.363 e. The van der Waals surface area contributed by atoms with E-state index < -0.39 is 0 Å². The molecule has 1 rings (SSSR count). The van der Waals surface area contributed by atoms with Gasteiger partial charge in [0.1, 0.15) is 5.82 Å². The average molecular weight is 163 g/mol. The summed E-state index contributed by atoms with van der Waals surface area (Å²) in [6.45, 7) is 7.59. The molecule has 0 saturated carbocycles. The second-order valence-electron chi connectivity index (χ2n) is 2.71. The molecule has 1 aromatic rings. The fourth-order valence-electron chi connectivity index (χ4n) is 0.825. The van der Waals surface area contributed by atoms with Gasteiger partial charge in [-0.25, -0.2) is 4.98 Å². The Kier molecular flexibility index (Phi) is 2.80. The molecule has 1 atom stereocenters. The summed E-state index contributed by atoms with van der Waals surface area (Å²) < 4.78 is 0. The van der Waals surface area contributed by atoms with Crippen LogP contribution < -0.4 is 5.32 Å². The maximum Gasteiger partial charge on any atom is 0.145 e. The first kappa shape index (κ1) is 8.71. The zero-order valence-electron chi connectivity index (χ0n) is 7.41. The molecule has 0 fully saturated rings. The Labute approximate surface area is 72.6 Å². The number of aryl methyl sites for hydroxylation is 1. The van der Waals surface area contributed by atoms with Gasteiger partial charge in [-0.15, -0.1) is 6.58 Å². The van der Waals surface area contributed by atoms with E-state index in [2.05, 4.69) is 21.9 Å². The molecule has 0 aliphatic carbocycles. The van der Waals surface area contributed by atoms with Gasteiger partial charge in [-0.3, -0.25) is 4.98 Å². The van der Waals surface area contributed by atoms with E-state index in [-0.39, 0.29) is 6.04 Å². The standard InChI is InChI=1S/C9H13N3/c1-4-7(2)11-9-6-10-5-8(3)12-9/h4-7H,1H2,2-3H3,(H,11,12). The molecular formula is C9H13N3. The molecule has 1 unspecified atom stereocenters. The summed E-state index contributed by atoms with van der Waals surface area (Å²) in [5.41, 5.74) is 0.913. The quantitative estimate of drug-likeness (QED) is 0.690. The first-order chi connectivity index (χ1) is 5.72. The van der Waals surface area contributed by atoms with Crippen LogP contribution in [0.1, 0.15) is 12.6 Å². The smallest absolute Gasteiger partial charge is 0.145 e. The van der Waals surface area contributed by atoms with E-state index in [4.69, 9.17) is 0 Å². The molecule has 0 aliphatic rings. The van der Waals surface area contributed by atoms with Gasteiger partial charge in [-0.2, -0.15) is 0 Å². The zero-order valence-corrected chi connectivity index (χ0v) is 7.41. The summed E-state index contributed by atoms with van der Waals surface area (Å²) >= 11 is 0. The van der Waals surface area contributed by atoms with Crippen molar-refractivity contribution < 1.29 is 0 Å². The van der Waals surface area contributed by atoms with Gasteiger partial charge in [0.25, 0.3) is 0 Å². The zero-order chi connectivity index (χ0) is 8.97. The third-order valence-electron chi connectivity index (χ3n) is 1.48. The number of hydrogen-bond acceptors (Lipinski definition) is 3. The van der Waals surface area contributed by atoms with Crippen molar-refractivity contribution in [2.45, 2.75) is 19.9 Å². The van der Waals surface area contributed by atoms with Gasteiger partial charge < -0.3 is 5.32 Å². The van der Waals surface area contributed by atoms with Gasteiger partial charge in [0, 0.05) is 12.2 Å². The predicted octanol–water partition coefficient (Wildman–Crippen LogP) is 1.77. The second-order valence-corrected chi connectivity index (χ2v) is 2.71. The van der Waals surface area contributed by atoms with Crippen LogP contribution in [0.4, 0.5) is 5.82 Å². The van der Waals surface area contributed by atoms with Crippen molar-refractivity contribution in [3.8, 4) is 0 Å². The lowest BCUT2D eigenvalue weighted by atomic mass is 10.3. The largest absolute Gasteiger partial charge is 0.363 e. The molecule has 0 spiro atoms. The fraction of sp³-hybridized carbons (Fsp3) is 0.333.